The van der Waals surface area contributed by atoms with Gasteiger partial charge in [-0.1, -0.05) is 176 Å². The van der Waals surface area contributed by atoms with E-state index >= 15 is 0 Å². The topological polar surface area (TPSA) is 35.1 Å². The van der Waals surface area contributed by atoms with Crippen LogP contribution in [0.5, 0.6) is 0 Å². The van der Waals surface area contributed by atoms with E-state index in [-0.39, 0.29) is 0 Å². The van der Waals surface area contributed by atoms with Crippen molar-refractivity contribution < 1.29 is 0 Å². The van der Waals surface area contributed by atoms with Crippen molar-refractivity contribution in [2.75, 3.05) is 0 Å². The molecule has 4 heterocycles. The Balaban J connectivity index is 1.03. The van der Waals surface area contributed by atoms with Crippen molar-refractivity contribution in [3.8, 4) is 28.3 Å². The van der Waals surface area contributed by atoms with Gasteiger partial charge in [-0.2, -0.15) is 0 Å². The number of benzene rings is 11. The highest BCUT2D eigenvalue weighted by atomic mass is 15.2. The van der Waals surface area contributed by atoms with Gasteiger partial charge in [0.1, 0.15) is 0 Å². The summed E-state index contributed by atoms with van der Waals surface area (Å²) in [4.78, 5) is 11.4. The highest BCUT2D eigenvalue weighted by Gasteiger charge is 2.22. The Bertz CT molecular complexity index is 4490. The number of rotatable bonds is 3. The third-order valence-electron chi connectivity index (χ3n) is 14.0. The second kappa shape index (κ2) is 12.5. The van der Waals surface area contributed by atoms with E-state index in [0.717, 1.165) is 60.5 Å². The summed E-state index contributed by atoms with van der Waals surface area (Å²) in [5.74, 6) is 0.648. The summed E-state index contributed by atoms with van der Waals surface area (Å²) in [6.07, 6.45) is 0. The van der Waals surface area contributed by atoms with Gasteiger partial charge in [0.05, 0.1) is 38.8 Å². The van der Waals surface area contributed by atoms with E-state index in [4.69, 9.17) is 9.97 Å². The first-order chi connectivity index (χ1) is 31.7. The van der Waals surface area contributed by atoms with Crippen molar-refractivity contribution in [2.45, 2.75) is 0 Å². The fraction of sp³-hybridized carbons (Fsp3) is 0. The van der Waals surface area contributed by atoms with E-state index in [1.807, 2.05) is 0 Å². The predicted molar refractivity (Wildman–Crippen MR) is 269 cm³/mol. The van der Waals surface area contributed by atoms with Gasteiger partial charge in [0.25, 0.3) is 0 Å². The number of para-hydroxylation sites is 3. The van der Waals surface area contributed by atoms with Gasteiger partial charge >= 0.3 is 0 Å². The number of aromatic nitrogens is 4. The van der Waals surface area contributed by atoms with Crippen LogP contribution < -0.4 is 0 Å². The summed E-state index contributed by atoms with van der Waals surface area (Å²) < 4.78 is 4.76. The maximum atomic E-state index is 5.72. The Labute approximate surface area is 365 Å². The van der Waals surface area contributed by atoms with Crippen LogP contribution in [0.2, 0.25) is 0 Å². The minimum Gasteiger partial charge on any atom is -0.308 e. The lowest BCUT2D eigenvalue weighted by Crippen LogP contribution is -2.04. The van der Waals surface area contributed by atoms with Crippen molar-refractivity contribution >= 4 is 114 Å². The monoisotopic (exact) mass is 810 g/mol. The minimum atomic E-state index is 0.648. The summed E-state index contributed by atoms with van der Waals surface area (Å²) in [7, 11) is 0. The van der Waals surface area contributed by atoms with E-state index in [1.165, 1.54) is 75.8 Å². The number of hydrogen-bond donors (Lipinski definition) is 0. The molecule has 0 spiro atoms. The number of nitrogens with zero attached hydrogens (tertiary/aromatic N) is 4. The Morgan fingerprint density at radius 3 is 1.58 bits per heavy atom. The van der Waals surface area contributed by atoms with Gasteiger partial charge in [0.15, 0.2) is 0 Å². The molecule has 0 radical (unpaired) electrons. The number of hydrogen-bond acceptors (Lipinski definition) is 2. The van der Waals surface area contributed by atoms with Gasteiger partial charge in [0.2, 0.25) is 5.95 Å². The standard InChI is InChI=1S/C60H34N4/c1-2-13-40-35(12-1)24-25-36-26-27-39(32-51(36)40)57-56-47-18-5-3-14-41(47)42-15-4-6-19-48(42)58(56)62-60(61-57)64-53-23-10-7-16-43(53)45-30-28-38(34-55(45)64)37-29-31-46-50-21-11-20-49-44-17-8-9-22-52(44)63(59(49)50)54(46)33-37/h1-34H. The lowest BCUT2D eigenvalue weighted by atomic mass is 9.93. The molecule has 0 aliphatic carbocycles. The van der Waals surface area contributed by atoms with Gasteiger partial charge in [0, 0.05) is 48.7 Å². The van der Waals surface area contributed by atoms with Crippen LogP contribution in [0.1, 0.15) is 0 Å². The van der Waals surface area contributed by atoms with E-state index in [1.54, 1.807) is 0 Å². The fourth-order valence-corrected chi connectivity index (χ4v) is 11.2. The minimum absolute atomic E-state index is 0.648. The van der Waals surface area contributed by atoms with Crippen molar-refractivity contribution in [3.05, 3.63) is 206 Å². The van der Waals surface area contributed by atoms with Crippen LogP contribution in [0.3, 0.4) is 0 Å². The molecule has 0 atom stereocenters. The Morgan fingerprint density at radius 1 is 0.297 bits per heavy atom. The van der Waals surface area contributed by atoms with Crippen LogP contribution in [0, 0.1) is 0 Å². The van der Waals surface area contributed by atoms with Gasteiger partial charge in [-0.05, 0) is 79.2 Å². The first-order valence-electron chi connectivity index (χ1n) is 22.0. The molecule has 0 fully saturated rings. The summed E-state index contributed by atoms with van der Waals surface area (Å²) in [6.45, 7) is 0. The maximum Gasteiger partial charge on any atom is 0.235 e. The zero-order valence-electron chi connectivity index (χ0n) is 34.4. The van der Waals surface area contributed by atoms with Gasteiger partial charge in [-0.25, -0.2) is 9.97 Å². The molecule has 0 saturated carbocycles. The molecule has 4 heteroatoms. The first-order valence-corrected chi connectivity index (χ1v) is 22.0. The third kappa shape index (κ3) is 4.51. The highest BCUT2D eigenvalue weighted by molar-refractivity contribution is 6.28. The average molecular weight is 811 g/mol. The zero-order chi connectivity index (χ0) is 41.6. The average Bonchev–Trinajstić information content (AvgIpc) is 4.01. The largest absolute Gasteiger partial charge is 0.308 e. The third-order valence-corrected chi connectivity index (χ3v) is 14.0. The normalized spacial score (nSPS) is 12.4. The molecule has 11 aromatic carbocycles. The lowest BCUT2D eigenvalue weighted by Gasteiger charge is -2.16. The lowest BCUT2D eigenvalue weighted by molar-refractivity contribution is 1.02. The van der Waals surface area contributed by atoms with Crippen LogP contribution in [0.25, 0.3) is 142 Å². The van der Waals surface area contributed by atoms with Crippen LogP contribution in [-0.4, -0.2) is 18.9 Å². The first kappa shape index (κ1) is 34.0. The quantitative estimate of drug-likeness (QED) is 0.167. The molecule has 0 unspecified atom stereocenters. The second-order valence-corrected chi connectivity index (χ2v) is 17.3. The number of fused-ring (bicyclic) bond motifs is 18. The van der Waals surface area contributed by atoms with Crippen LogP contribution in [-0.2, 0) is 0 Å². The molecule has 0 aliphatic heterocycles. The zero-order valence-corrected chi connectivity index (χ0v) is 34.4. The summed E-state index contributed by atoms with van der Waals surface area (Å²) in [6, 6.07) is 75.4. The molecule has 0 aliphatic rings. The molecule has 15 aromatic rings. The van der Waals surface area contributed by atoms with E-state index in [2.05, 4.69) is 215 Å². The Morgan fingerprint density at radius 2 is 0.812 bits per heavy atom. The van der Waals surface area contributed by atoms with Gasteiger partial charge < -0.3 is 4.40 Å². The SMILES string of the molecule is c1ccc2c(c1)ccc1ccc(-c3nc(-n4c5ccccc5c5ccc(-c6ccc7c8cccc9c%10ccccc%10n(c7c6)c98)cc54)nc4c5ccccc5c5ccccc5c34)cc12. The molecule has 0 bridgehead atoms. The molecule has 0 saturated heterocycles. The molecular formula is C60H34N4. The predicted octanol–water partition coefficient (Wildman–Crippen LogP) is 15.8. The van der Waals surface area contributed by atoms with E-state index in [0.29, 0.717) is 5.95 Å². The molecule has 294 valence electrons. The molecule has 0 amide bonds. The summed E-state index contributed by atoms with van der Waals surface area (Å²) in [5, 5.41) is 18.0. The molecule has 64 heavy (non-hydrogen) atoms. The van der Waals surface area contributed by atoms with Crippen molar-refractivity contribution in [1.29, 1.82) is 0 Å². The van der Waals surface area contributed by atoms with Crippen LogP contribution >= 0.6 is 0 Å². The Hall–Kier alpha value is -8.60. The van der Waals surface area contributed by atoms with Gasteiger partial charge in [-0.3, -0.25) is 4.57 Å². The Kier molecular flexibility index (Phi) is 6.65. The highest BCUT2D eigenvalue weighted by Crippen LogP contribution is 2.44. The van der Waals surface area contributed by atoms with Crippen LogP contribution in [0.4, 0.5) is 0 Å². The second-order valence-electron chi connectivity index (χ2n) is 17.3. The molecule has 4 nitrogen and oxygen atoms in total. The summed E-state index contributed by atoms with van der Waals surface area (Å²) >= 11 is 0. The molecule has 15 rings (SSSR count). The van der Waals surface area contributed by atoms with Crippen molar-refractivity contribution in [2.24, 2.45) is 0 Å². The smallest absolute Gasteiger partial charge is 0.235 e. The van der Waals surface area contributed by atoms with Crippen LogP contribution in [0.15, 0.2) is 206 Å². The maximum absolute atomic E-state index is 5.72. The molecule has 4 aromatic heterocycles. The van der Waals surface area contributed by atoms with Crippen molar-refractivity contribution in [1.82, 2.24) is 18.9 Å². The van der Waals surface area contributed by atoms with Gasteiger partial charge in [-0.15, -0.1) is 0 Å². The van der Waals surface area contributed by atoms with E-state index in [9.17, 15) is 0 Å². The van der Waals surface area contributed by atoms with E-state index < -0.39 is 0 Å². The van der Waals surface area contributed by atoms with Crippen molar-refractivity contribution in [3.63, 3.8) is 0 Å². The molecule has 0 N–H and O–H groups in total. The fourth-order valence-electron chi connectivity index (χ4n) is 11.2. The summed E-state index contributed by atoms with van der Waals surface area (Å²) in [5.41, 5.74) is 11.1. The molecular weight excluding hydrogens is 777 g/mol.